The molecule has 2 aromatic rings. The van der Waals surface area contributed by atoms with E-state index in [1.54, 1.807) is 31.2 Å². The molecule has 0 aliphatic rings. The Bertz CT molecular complexity index is 760. The smallest absolute Gasteiger partial charge is 0.408 e. The number of benzene rings is 2. The fraction of sp³-hybridized carbons (Fsp3) is 0.250. The summed E-state index contributed by atoms with van der Waals surface area (Å²) in [7, 11) is 0. The van der Waals surface area contributed by atoms with Crippen molar-refractivity contribution >= 4 is 17.5 Å². The van der Waals surface area contributed by atoms with Gasteiger partial charge in [-0.3, -0.25) is 0 Å². The topological polar surface area (TPSA) is 73.4 Å². The van der Waals surface area contributed by atoms with E-state index >= 15 is 0 Å². The van der Waals surface area contributed by atoms with Gasteiger partial charge < -0.3 is 14.6 Å². The SMILES string of the molecule is C=CCN[S+]([O-])C[C@](C)(NC(=O)OCc1ccccc1)c1ccccc1F. The Morgan fingerprint density at radius 2 is 1.93 bits per heavy atom. The number of carbonyl (C=O) groups excluding carboxylic acids is 1. The zero-order valence-corrected chi connectivity index (χ0v) is 15.9. The summed E-state index contributed by atoms with van der Waals surface area (Å²) in [6.07, 6.45) is 0.852. The van der Waals surface area contributed by atoms with Crippen molar-refractivity contribution in [1.29, 1.82) is 0 Å². The molecule has 0 heterocycles. The summed E-state index contributed by atoms with van der Waals surface area (Å²) in [6, 6.07) is 15.3. The first-order valence-electron chi connectivity index (χ1n) is 8.41. The van der Waals surface area contributed by atoms with Crippen LogP contribution in [0.25, 0.3) is 0 Å². The molecule has 2 N–H and O–H groups in total. The average molecular weight is 390 g/mol. The number of rotatable bonds is 9. The standard InChI is InChI=1S/C20H23FN2O3S/c1-3-13-22-27(25)15-20(2,17-11-7-8-12-18(17)21)23-19(24)26-14-16-9-5-4-6-10-16/h3-12,22H,1,13-15H2,2H3,(H,23,24)/t20-,27?/m0/s1. The molecule has 0 radical (unpaired) electrons. The minimum Gasteiger partial charge on any atom is -0.598 e. The van der Waals surface area contributed by atoms with Crippen LogP contribution in [0.5, 0.6) is 0 Å². The normalized spacial score (nSPS) is 14.0. The summed E-state index contributed by atoms with van der Waals surface area (Å²) in [4.78, 5) is 12.3. The zero-order valence-electron chi connectivity index (χ0n) is 15.1. The second kappa shape index (κ2) is 10.1. The molecule has 0 aromatic heterocycles. The molecule has 0 spiro atoms. The van der Waals surface area contributed by atoms with Gasteiger partial charge in [-0.2, -0.15) is 0 Å². The Morgan fingerprint density at radius 3 is 2.59 bits per heavy atom. The maximum atomic E-state index is 14.4. The highest BCUT2D eigenvalue weighted by molar-refractivity contribution is 7.89. The van der Waals surface area contributed by atoms with E-state index in [4.69, 9.17) is 4.74 Å². The molecule has 7 heteroatoms. The molecular weight excluding hydrogens is 367 g/mol. The van der Waals surface area contributed by atoms with Crippen molar-refractivity contribution < 1.29 is 18.5 Å². The van der Waals surface area contributed by atoms with Gasteiger partial charge in [0.15, 0.2) is 5.75 Å². The number of alkyl carbamates (subject to hydrolysis) is 1. The van der Waals surface area contributed by atoms with Crippen molar-refractivity contribution in [2.75, 3.05) is 12.3 Å². The first-order chi connectivity index (χ1) is 12.9. The molecule has 0 aliphatic heterocycles. The monoisotopic (exact) mass is 390 g/mol. The van der Waals surface area contributed by atoms with Crippen LogP contribution in [0.4, 0.5) is 9.18 Å². The van der Waals surface area contributed by atoms with Crippen molar-refractivity contribution in [3.05, 3.63) is 84.2 Å². The second-order valence-electron chi connectivity index (χ2n) is 6.13. The number of amides is 1. The second-order valence-corrected chi connectivity index (χ2v) is 7.39. The molecule has 0 fully saturated rings. The molecule has 1 unspecified atom stereocenters. The summed E-state index contributed by atoms with van der Waals surface area (Å²) in [5, 5.41) is 2.67. The van der Waals surface area contributed by atoms with Gasteiger partial charge in [-0.1, -0.05) is 54.6 Å². The number of nitrogens with one attached hydrogen (secondary N) is 2. The largest absolute Gasteiger partial charge is 0.598 e. The highest BCUT2D eigenvalue weighted by Gasteiger charge is 2.37. The number of halogens is 1. The molecule has 2 atom stereocenters. The maximum Gasteiger partial charge on any atom is 0.408 e. The molecule has 27 heavy (non-hydrogen) atoms. The summed E-state index contributed by atoms with van der Waals surface area (Å²) in [6.45, 7) is 5.58. The van der Waals surface area contributed by atoms with Gasteiger partial charge in [-0.05, 0) is 18.6 Å². The maximum absolute atomic E-state index is 14.4. The fourth-order valence-electron chi connectivity index (χ4n) is 2.54. The molecule has 5 nitrogen and oxygen atoms in total. The molecule has 0 bridgehead atoms. The van der Waals surface area contributed by atoms with Crippen LogP contribution in [0.3, 0.4) is 0 Å². The lowest BCUT2D eigenvalue weighted by molar-refractivity contribution is 0.129. The average Bonchev–Trinajstić information content (AvgIpc) is 2.65. The van der Waals surface area contributed by atoms with Gasteiger partial charge in [0.05, 0.1) is 6.54 Å². The van der Waals surface area contributed by atoms with Gasteiger partial charge in [-0.15, -0.1) is 11.3 Å². The molecule has 2 aromatic carbocycles. The molecule has 1 amide bonds. The van der Waals surface area contributed by atoms with Crippen molar-refractivity contribution in [2.24, 2.45) is 0 Å². The molecule has 144 valence electrons. The number of hydrogen-bond acceptors (Lipinski definition) is 4. The summed E-state index contributed by atoms with van der Waals surface area (Å²) in [5.74, 6) is -0.536. The van der Waals surface area contributed by atoms with Crippen LogP contribution in [0.1, 0.15) is 18.1 Å². The lowest BCUT2D eigenvalue weighted by Gasteiger charge is -2.31. The van der Waals surface area contributed by atoms with Gasteiger partial charge in [0.2, 0.25) is 0 Å². The molecule has 0 saturated heterocycles. The minimum atomic E-state index is -1.51. The van der Waals surface area contributed by atoms with Gasteiger partial charge in [-0.25, -0.2) is 9.18 Å². The quantitative estimate of drug-likeness (QED) is 0.508. The van der Waals surface area contributed by atoms with Crippen molar-refractivity contribution in [1.82, 2.24) is 10.0 Å². The third-order valence-electron chi connectivity index (χ3n) is 3.87. The van der Waals surface area contributed by atoms with Gasteiger partial charge in [0.1, 0.15) is 18.0 Å². The van der Waals surface area contributed by atoms with Crippen LogP contribution in [0.2, 0.25) is 0 Å². The van der Waals surface area contributed by atoms with E-state index in [1.165, 1.54) is 6.07 Å². The summed E-state index contributed by atoms with van der Waals surface area (Å²) < 4.78 is 34.6. The lowest BCUT2D eigenvalue weighted by Crippen LogP contribution is -2.51. The Balaban J connectivity index is 2.12. The molecular formula is C20H23FN2O3S. The van der Waals surface area contributed by atoms with E-state index in [2.05, 4.69) is 16.6 Å². The number of hydrogen-bond donors (Lipinski definition) is 2. The van der Waals surface area contributed by atoms with E-state index in [0.29, 0.717) is 6.54 Å². The van der Waals surface area contributed by atoms with E-state index in [0.717, 1.165) is 5.56 Å². The minimum absolute atomic E-state index is 0.0395. The van der Waals surface area contributed by atoms with Crippen LogP contribution in [-0.4, -0.2) is 22.9 Å². The lowest BCUT2D eigenvalue weighted by atomic mass is 9.94. The Morgan fingerprint density at radius 1 is 1.26 bits per heavy atom. The van der Waals surface area contributed by atoms with Crippen LogP contribution in [-0.2, 0) is 28.2 Å². The Labute approximate surface area is 161 Å². The first-order valence-corrected chi connectivity index (χ1v) is 9.73. The van der Waals surface area contributed by atoms with Crippen LogP contribution < -0.4 is 10.0 Å². The first kappa shape index (κ1) is 21.0. The predicted molar refractivity (Wildman–Crippen MR) is 105 cm³/mol. The summed E-state index contributed by atoms with van der Waals surface area (Å²) >= 11 is -1.51. The van der Waals surface area contributed by atoms with Gasteiger partial charge >= 0.3 is 6.09 Å². The van der Waals surface area contributed by atoms with Crippen LogP contribution in [0, 0.1) is 5.82 Å². The van der Waals surface area contributed by atoms with Crippen molar-refractivity contribution in [3.8, 4) is 0 Å². The van der Waals surface area contributed by atoms with Gasteiger partial charge in [0.25, 0.3) is 0 Å². The number of carbonyl (C=O) groups is 1. The highest BCUT2D eigenvalue weighted by Crippen LogP contribution is 2.25. The number of ether oxygens (including phenoxy) is 1. The van der Waals surface area contributed by atoms with Gasteiger partial charge in [0, 0.05) is 16.9 Å². The third-order valence-corrected chi connectivity index (χ3v) is 5.20. The van der Waals surface area contributed by atoms with E-state index < -0.39 is 28.8 Å². The Kier molecular flexibility index (Phi) is 7.84. The zero-order chi connectivity index (χ0) is 19.7. The highest BCUT2D eigenvalue weighted by atomic mass is 32.2. The molecule has 0 aliphatic carbocycles. The molecule has 0 saturated carbocycles. The molecule has 2 rings (SSSR count). The van der Waals surface area contributed by atoms with Crippen LogP contribution in [0.15, 0.2) is 67.3 Å². The fourth-order valence-corrected chi connectivity index (χ4v) is 3.70. The van der Waals surface area contributed by atoms with Crippen molar-refractivity contribution in [3.63, 3.8) is 0 Å². The predicted octanol–water partition coefficient (Wildman–Crippen LogP) is 3.41. The van der Waals surface area contributed by atoms with E-state index in [-0.39, 0.29) is 17.9 Å². The Hall–Kier alpha value is -2.35. The summed E-state index contributed by atoms with van der Waals surface area (Å²) in [5.41, 5.74) is -0.162. The van der Waals surface area contributed by atoms with E-state index in [9.17, 15) is 13.7 Å². The third kappa shape index (κ3) is 6.39. The van der Waals surface area contributed by atoms with Crippen LogP contribution >= 0.6 is 0 Å². The van der Waals surface area contributed by atoms with E-state index in [1.807, 2.05) is 30.3 Å². The van der Waals surface area contributed by atoms with Crippen molar-refractivity contribution in [2.45, 2.75) is 19.1 Å².